The van der Waals surface area contributed by atoms with E-state index in [0.29, 0.717) is 34.2 Å². The minimum absolute atomic E-state index is 0.0104. The highest BCUT2D eigenvalue weighted by Gasteiger charge is 2.08. The first-order valence-corrected chi connectivity index (χ1v) is 8.62. The smallest absolute Gasteiger partial charge is 0.224 e. The van der Waals surface area contributed by atoms with E-state index in [0.717, 1.165) is 0 Å². The van der Waals surface area contributed by atoms with Crippen molar-refractivity contribution in [2.24, 2.45) is 0 Å². The van der Waals surface area contributed by atoms with Gasteiger partial charge < -0.3 is 5.32 Å². The molecule has 0 spiro atoms. The van der Waals surface area contributed by atoms with E-state index < -0.39 is 0 Å². The number of thioether (sulfide) groups is 1. The van der Waals surface area contributed by atoms with Crippen LogP contribution in [0.1, 0.15) is 11.1 Å². The quantitative estimate of drug-likeness (QED) is 0.754. The van der Waals surface area contributed by atoms with Crippen LogP contribution in [0.15, 0.2) is 42.5 Å². The van der Waals surface area contributed by atoms with Crippen LogP contribution in [0.3, 0.4) is 0 Å². The number of carbonyl (C=O) groups excluding carboxylic acids is 1. The molecule has 2 nitrogen and oxygen atoms in total. The molecule has 0 saturated heterocycles. The van der Waals surface area contributed by atoms with Crippen LogP contribution in [0.25, 0.3) is 0 Å². The Labute approximate surface area is 143 Å². The van der Waals surface area contributed by atoms with Crippen LogP contribution in [0, 0.1) is 11.6 Å². The van der Waals surface area contributed by atoms with E-state index >= 15 is 0 Å². The van der Waals surface area contributed by atoms with Crippen LogP contribution in [-0.4, -0.2) is 18.2 Å². The maximum atomic E-state index is 13.6. The first-order valence-electron chi connectivity index (χ1n) is 7.08. The molecule has 0 bridgehead atoms. The summed E-state index contributed by atoms with van der Waals surface area (Å²) in [5, 5.41) is 3.12. The molecule has 0 fully saturated rings. The Morgan fingerprint density at radius 2 is 1.83 bits per heavy atom. The number of hydrogen-bond donors (Lipinski definition) is 1. The predicted molar refractivity (Wildman–Crippen MR) is 90.7 cm³/mol. The molecule has 23 heavy (non-hydrogen) atoms. The summed E-state index contributed by atoms with van der Waals surface area (Å²) in [7, 11) is 0. The molecule has 0 aliphatic carbocycles. The molecule has 0 heterocycles. The molecular weight excluding hydrogens is 340 g/mol. The van der Waals surface area contributed by atoms with Crippen molar-refractivity contribution in [3.05, 3.63) is 70.2 Å². The Balaban J connectivity index is 1.69. The third-order valence-electron chi connectivity index (χ3n) is 3.19. The van der Waals surface area contributed by atoms with Gasteiger partial charge in [-0.15, -0.1) is 0 Å². The third-order valence-corrected chi connectivity index (χ3v) is 4.53. The first-order chi connectivity index (χ1) is 11.1. The van der Waals surface area contributed by atoms with Gasteiger partial charge in [-0.2, -0.15) is 11.8 Å². The summed E-state index contributed by atoms with van der Waals surface area (Å²) in [4.78, 5) is 11.7. The SMILES string of the molecule is O=C(Cc1ccccc1F)NCCSCc1c(F)cccc1Cl. The zero-order valence-corrected chi connectivity index (χ0v) is 13.9. The van der Waals surface area contributed by atoms with Crippen LogP contribution >= 0.6 is 23.4 Å². The zero-order chi connectivity index (χ0) is 16.7. The number of amides is 1. The summed E-state index contributed by atoms with van der Waals surface area (Å²) in [6.07, 6.45) is 0.0104. The van der Waals surface area contributed by atoms with Gasteiger partial charge in [0.2, 0.25) is 5.91 Å². The van der Waals surface area contributed by atoms with Crippen LogP contribution in [0.2, 0.25) is 5.02 Å². The molecule has 122 valence electrons. The van der Waals surface area contributed by atoms with Crippen molar-refractivity contribution in [1.29, 1.82) is 0 Å². The number of benzene rings is 2. The fraction of sp³-hybridized carbons (Fsp3) is 0.235. The molecule has 0 aromatic heterocycles. The molecular formula is C17H16ClF2NOS. The van der Waals surface area contributed by atoms with Gasteiger partial charge in [0, 0.05) is 28.6 Å². The Morgan fingerprint density at radius 1 is 1.09 bits per heavy atom. The minimum atomic E-state index is -0.383. The van der Waals surface area contributed by atoms with Crippen LogP contribution < -0.4 is 5.32 Å². The normalized spacial score (nSPS) is 10.6. The van der Waals surface area contributed by atoms with E-state index in [9.17, 15) is 13.6 Å². The Hall–Kier alpha value is -1.59. The van der Waals surface area contributed by atoms with Gasteiger partial charge in [-0.1, -0.05) is 35.9 Å². The van der Waals surface area contributed by atoms with Crippen molar-refractivity contribution < 1.29 is 13.6 Å². The highest BCUT2D eigenvalue weighted by molar-refractivity contribution is 7.98. The van der Waals surface area contributed by atoms with E-state index in [2.05, 4.69) is 5.32 Å². The lowest BCUT2D eigenvalue weighted by atomic mass is 10.1. The number of carbonyl (C=O) groups is 1. The molecule has 0 radical (unpaired) electrons. The highest BCUT2D eigenvalue weighted by Crippen LogP contribution is 2.23. The van der Waals surface area contributed by atoms with Gasteiger partial charge in [0.25, 0.3) is 0 Å². The summed E-state index contributed by atoms with van der Waals surface area (Å²) in [6.45, 7) is 0.435. The lowest BCUT2D eigenvalue weighted by Gasteiger charge is -2.07. The number of rotatable bonds is 7. The molecule has 0 aliphatic rings. The Bertz CT molecular complexity index is 661. The molecule has 2 aromatic carbocycles. The summed E-state index contributed by atoms with van der Waals surface area (Å²) in [6, 6.07) is 10.8. The van der Waals surface area contributed by atoms with Crippen LogP contribution in [0.5, 0.6) is 0 Å². The minimum Gasteiger partial charge on any atom is -0.355 e. The predicted octanol–water partition coefficient (Wildman–Crippen LogP) is 4.21. The van der Waals surface area contributed by atoms with Crippen molar-refractivity contribution in [2.75, 3.05) is 12.3 Å². The van der Waals surface area contributed by atoms with Gasteiger partial charge in [0.15, 0.2) is 0 Å². The van der Waals surface area contributed by atoms with Crippen molar-refractivity contribution in [1.82, 2.24) is 5.32 Å². The monoisotopic (exact) mass is 355 g/mol. The molecule has 6 heteroatoms. The lowest BCUT2D eigenvalue weighted by molar-refractivity contribution is -0.120. The fourth-order valence-corrected chi connectivity index (χ4v) is 3.18. The van der Waals surface area contributed by atoms with Crippen molar-refractivity contribution in [3.8, 4) is 0 Å². The van der Waals surface area contributed by atoms with Gasteiger partial charge in [-0.3, -0.25) is 4.79 Å². The average Bonchev–Trinajstić information content (AvgIpc) is 2.52. The van der Waals surface area contributed by atoms with E-state index in [-0.39, 0.29) is 24.0 Å². The van der Waals surface area contributed by atoms with Crippen molar-refractivity contribution in [3.63, 3.8) is 0 Å². The second-order valence-electron chi connectivity index (χ2n) is 4.87. The second-order valence-corrected chi connectivity index (χ2v) is 6.38. The fourth-order valence-electron chi connectivity index (χ4n) is 1.98. The molecule has 2 aromatic rings. The second kappa shape index (κ2) is 8.89. The molecule has 0 atom stereocenters. The Kier molecular flexibility index (Phi) is 6.86. The van der Waals surface area contributed by atoms with Gasteiger partial charge in [-0.05, 0) is 23.8 Å². The number of halogens is 3. The average molecular weight is 356 g/mol. The van der Waals surface area contributed by atoms with Gasteiger partial charge >= 0.3 is 0 Å². The molecule has 0 aliphatic heterocycles. The number of nitrogens with one attached hydrogen (secondary N) is 1. The van der Waals surface area contributed by atoms with E-state index in [1.807, 2.05) is 0 Å². The standard InChI is InChI=1S/C17H16ClF2NOS/c18-14-5-3-7-16(20)13(14)11-23-9-8-21-17(22)10-12-4-1-2-6-15(12)19/h1-7H,8-11H2,(H,21,22). The summed E-state index contributed by atoms with van der Waals surface area (Å²) in [5.41, 5.74) is 0.840. The van der Waals surface area contributed by atoms with Crippen molar-refractivity contribution in [2.45, 2.75) is 12.2 Å². The van der Waals surface area contributed by atoms with E-state index in [1.54, 1.807) is 30.3 Å². The van der Waals surface area contributed by atoms with E-state index in [4.69, 9.17) is 11.6 Å². The Morgan fingerprint density at radius 3 is 2.57 bits per heavy atom. The van der Waals surface area contributed by atoms with Gasteiger partial charge in [0.1, 0.15) is 11.6 Å². The van der Waals surface area contributed by atoms with Crippen LogP contribution in [-0.2, 0) is 17.0 Å². The first kappa shape index (κ1) is 17.8. The zero-order valence-electron chi connectivity index (χ0n) is 12.3. The third kappa shape index (κ3) is 5.52. The maximum absolute atomic E-state index is 13.6. The van der Waals surface area contributed by atoms with Crippen molar-refractivity contribution >= 4 is 29.3 Å². The molecule has 1 amide bonds. The molecule has 0 unspecified atom stereocenters. The van der Waals surface area contributed by atoms with Gasteiger partial charge in [0.05, 0.1) is 6.42 Å². The summed E-state index contributed by atoms with van der Waals surface area (Å²) < 4.78 is 27.0. The molecule has 1 N–H and O–H groups in total. The summed E-state index contributed by atoms with van der Waals surface area (Å²) >= 11 is 7.41. The summed E-state index contributed by atoms with van der Waals surface area (Å²) in [5.74, 6) is 0.113. The molecule has 0 saturated carbocycles. The van der Waals surface area contributed by atoms with Crippen LogP contribution in [0.4, 0.5) is 8.78 Å². The number of hydrogen-bond acceptors (Lipinski definition) is 2. The van der Waals surface area contributed by atoms with E-state index in [1.165, 1.54) is 23.9 Å². The van der Waals surface area contributed by atoms with Gasteiger partial charge in [-0.25, -0.2) is 8.78 Å². The highest BCUT2D eigenvalue weighted by atomic mass is 35.5. The maximum Gasteiger partial charge on any atom is 0.224 e. The lowest BCUT2D eigenvalue weighted by Crippen LogP contribution is -2.27. The molecule has 2 rings (SSSR count). The largest absolute Gasteiger partial charge is 0.355 e. The topological polar surface area (TPSA) is 29.1 Å².